The van der Waals surface area contributed by atoms with Crippen molar-refractivity contribution in [3.63, 3.8) is 0 Å². The average molecular weight is 294 g/mol. The third kappa shape index (κ3) is 2.70. The number of fused-ring (bicyclic) bond motifs is 1. The van der Waals surface area contributed by atoms with Crippen LogP contribution in [0.15, 0.2) is 36.5 Å². The average Bonchev–Trinajstić information content (AvgIpc) is 2.93. The predicted octanol–water partition coefficient (Wildman–Crippen LogP) is 2.23. The summed E-state index contributed by atoms with van der Waals surface area (Å²) in [4.78, 5) is 16.2. The van der Waals surface area contributed by atoms with Crippen LogP contribution >= 0.6 is 0 Å². The van der Waals surface area contributed by atoms with E-state index in [-0.39, 0.29) is 5.91 Å². The first-order valence-electron chi connectivity index (χ1n) is 7.17. The number of pyridine rings is 1. The van der Waals surface area contributed by atoms with Gasteiger partial charge in [-0.1, -0.05) is 12.1 Å². The maximum atomic E-state index is 11.5. The van der Waals surface area contributed by atoms with Crippen LogP contribution < -0.4 is 5.32 Å². The summed E-state index contributed by atoms with van der Waals surface area (Å²) >= 11 is 0. The minimum atomic E-state index is -0.00282. The van der Waals surface area contributed by atoms with Crippen LogP contribution in [0.1, 0.15) is 11.1 Å². The molecule has 0 bridgehead atoms. The van der Waals surface area contributed by atoms with Gasteiger partial charge in [0, 0.05) is 25.7 Å². The molecule has 22 heavy (non-hydrogen) atoms. The SMILES string of the molecule is CNC(=O)Cc1ccc2c(C)cc(-c3ccn(C)n3)nc2c1. The summed E-state index contributed by atoms with van der Waals surface area (Å²) in [6.07, 6.45) is 2.26. The lowest BCUT2D eigenvalue weighted by atomic mass is 10.0. The van der Waals surface area contributed by atoms with E-state index in [1.165, 1.54) is 0 Å². The van der Waals surface area contributed by atoms with Gasteiger partial charge in [0.1, 0.15) is 5.69 Å². The van der Waals surface area contributed by atoms with E-state index in [0.29, 0.717) is 6.42 Å². The molecule has 5 nitrogen and oxygen atoms in total. The quantitative estimate of drug-likeness (QED) is 0.806. The number of rotatable bonds is 3. The van der Waals surface area contributed by atoms with E-state index in [1.54, 1.807) is 11.7 Å². The van der Waals surface area contributed by atoms with Gasteiger partial charge in [0.25, 0.3) is 0 Å². The molecule has 0 fully saturated rings. The first-order chi connectivity index (χ1) is 10.6. The van der Waals surface area contributed by atoms with Gasteiger partial charge in [-0.05, 0) is 36.2 Å². The Bertz CT molecular complexity index is 851. The molecule has 3 aromatic rings. The number of nitrogens with one attached hydrogen (secondary N) is 1. The number of nitrogens with zero attached hydrogens (tertiary/aromatic N) is 3. The lowest BCUT2D eigenvalue weighted by molar-refractivity contribution is -0.119. The summed E-state index contributed by atoms with van der Waals surface area (Å²) in [5.74, 6) is -0.00282. The number of aromatic nitrogens is 3. The van der Waals surface area contributed by atoms with Crippen molar-refractivity contribution in [3.05, 3.63) is 47.7 Å². The molecule has 1 amide bonds. The summed E-state index contributed by atoms with van der Waals surface area (Å²) in [6, 6.07) is 9.97. The molecule has 0 saturated heterocycles. The van der Waals surface area contributed by atoms with Crippen molar-refractivity contribution in [3.8, 4) is 11.4 Å². The number of hydrogen-bond donors (Lipinski definition) is 1. The van der Waals surface area contributed by atoms with Crippen molar-refractivity contribution in [1.82, 2.24) is 20.1 Å². The maximum absolute atomic E-state index is 11.5. The number of likely N-dealkylation sites (N-methyl/N-ethyl adjacent to an activating group) is 1. The van der Waals surface area contributed by atoms with Gasteiger partial charge in [-0.25, -0.2) is 4.98 Å². The molecular weight excluding hydrogens is 276 g/mol. The number of aryl methyl sites for hydroxylation is 2. The highest BCUT2D eigenvalue weighted by Gasteiger charge is 2.09. The van der Waals surface area contributed by atoms with Crippen LogP contribution in [0, 0.1) is 6.92 Å². The molecule has 1 aromatic carbocycles. The standard InChI is InChI=1S/C17H18N4O/c1-11-8-16(14-6-7-21(3)20-14)19-15-9-12(4-5-13(11)15)10-17(22)18-2/h4-9H,10H2,1-3H3,(H,18,22). The normalized spacial score (nSPS) is 10.9. The third-order valence-electron chi connectivity index (χ3n) is 3.70. The maximum Gasteiger partial charge on any atom is 0.224 e. The lowest BCUT2D eigenvalue weighted by Crippen LogP contribution is -2.19. The zero-order chi connectivity index (χ0) is 15.7. The Morgan fingerprint density at radius 2 is 2.05 bits per heavy atom. The van der Waals surface area contributed by atoms with E-state index >= 15 is 0 Å². The lowest BCUT2D eigenvalue weighted by Gasteiger charge is -2.07. The number of benzene rings is 1. The Balaban J connectivity index is 2.08. The summed E-state index contributed by atoms with van der Waals surface area (Å²) in [5, 5.41) is 8.14. The summed E-state index contributed by atoms with van der Waals surface area (Å²) in [7, 11) is 3.53. The molecule has 2 aromatic heterocycles. The number of carbonyl (C=O) groups is 1. The third-order valence-corrected chi connectivity index (χ3v) is 3.70. The molecule has 3 rings (SSSR count). The molecule has 112 valence electrons. The molecule has 0 unspecified atom stereocenters. The predicted molar refractivity (Wildman–Crippen MR) is 86.5 cm³/mol. The molecule has 5 heteroatoms. The first kappa shape index (κ1) is 14.3. The molecule has 0 aliphatic heterocycles. The molecule has 0 aliphatic rings. The van der Waals surface area contributed by atoms with Gasteiger partial charge in [-0.15, -0.1) is 0 Å². The monoisotopic (exact) mass is 294 g/mol. The van der Waals surface area contributed by atoms with Crippen LogP contribution in [0.5, 0.6) is 0 Å². The van der Waals surface area contributed by atoms with E-state index in [4.69, 9.17) is 4.98 Å². The number of amides is 1. The van der Waals surface area contributed by atoms with Crippen molar-refractivity contribution >= 4 is 16.8 Å². The Kier molecular flexibility index (Phi) is 3.63. The van der Waals surface area contributed by atoms with E-state index in [0.717, 1.165) is 33.4 Å². The van der Waals surface area contributed by atoms with Crippen molar-refractivity contribution in [1.29, 1.82) is 0 Å². The molecule has 0 radical (unpaired) electrons. The first-order valence-corrected chi connectivity index (χ1v) is 7.17. The Morgan fingerprint density at radius 1 is 1.23 bits per heavy atom. The van der Waals surface area contributed by atoms with Crippen LogP contribution in [0.4, 0.5) is 0 Å². The minimum Gasteiger partial charge on any atom is -0.359 e. The second-order valence-corrected chi connectivity index (χ2v) is 5.40. The fourth-order valence-corrected chi connectivity index (χ4v) is 2.51. The van der Waals surface area contributed by atoms with Crippen molar-refractivity contribution < 1.29 is 4.79 Å². The van der Waals surface area contributed by atoms with Gasteiger partial charge in [0.15, 0.2) is 0 Å². The highest BCUT2D eigenvalue weighted by molar-refractivity contribution is 5.86. The van der Waals surface area contributed by atoms with Crippen molar-refractivity contribution in [2.75, 3.05) is 7.05 Å². The molecule has 0 spiro atoms. The second kappa shape index (κ2) is 5.60. The van der Waals surface area contributed by atoms with Gasteiger partial charge in [-0.2, -0.15) is 5.10 Å². The van der Waals surface area contributed by atoms with Gasteiger partial charge in [0.05, 0.1) is 17.6 Å². The Labute approximate surface area is 129 Å². The van der Waals surface area contributed by atoms with E-state index in [9.17, 15) is 4.79 Å². The van der Waals surface area contributed by atoms with Crippen LogP contribution in [0.3, 0.4) is 0 Å². The molecule has 0 aliphatic carbocycles. The van der Waals surface area contributed by atoms with E-state index in [1.807, 2.05) is 43.6 Å². The molecular formula is C17H18N4O. The van der Waals surface area contributed by atoms with Gasteiger partial charge in [0.2, 0.25) is 5.91 Å². The summed E-state index contributed by atoms with van der Waals surface area (Å²) < 4.78 is 1.76. The largest absolute Gasteiger partial charge is 0.359 e. The van der Waals surface area contributed by atoms with E-state index in [2.05, 4.69) is 17.3 Å². The fraction of sp³-hybridized carbons (Fsp3) is 0.235. The molecule has 0 atom stereocenters. The van der Waals surface area contributed by atoms with E-state index < -0.39 is 0 Å². The topological polar surface area (TPSA) is 59.8 Å². The summed E-state index contributed by atoms with van der Waals surface area (Å²) in [5.41, 5.74) is 4.70. The number of carbonyl (C=O) groups excluding carboxylic acids is 1. The van der Waals surface area contributed by atoms with Crippen LogP contribution in [0.25, 0.3) is 22.3 Å². The van der Waals surface area contributed by atoms with Crippen LogP contribution in [-0.2, 0) is 18.3 Å². The van der Waals surface area contributed by atoms with Gasteiger partial charge < -0.3 is 5.32 Å². The van der Waals surface area contributed by atoms with Crippen molar-refractivity contribution in [2.24, 2.45) is 7.05 Å². The summed E-state index contributed by atoms with van der Waals surface area (Å²) in [6.45, 7) is 2.06. The Hall–Kier alpha value is -2.69. The van der Waals surface area contributed by atoms with Crippen LogP contribution in [0.2, 0.25) is 0 Å². The highest BCUT2D eigenvalue weighted by Crippen LogP contribution is 2.24. The number of hydrogen-bond acceptors (Lipinski definition) is 3. The highest BCUT2D eigenvalue weighted by atomic mass is 16.1. The Morgan fingerprint density at radius 3 is 2.73 bits per heavy atom. The molecule has 1 N–H and O–H groups in total. The minimum absolute atomic E-state index is 0.00282. The molecule has 0 saturated carbocycles. The van der Waals surface area contributed by atoms with Crippen LogP contribution in [-0.4, -0.2) is 27.7 Å². The smallest absolute Gasteiger partial charge is 0.224 e. The van der Waals surface area contributed by atoms with Gasteiger partial charge >= 0.3 is 0 Å². The zero-order valence-corrected chi connectivity index (χ0v) is 12.9. The second-order valence-electron chi connectivity index (χ2n) is 5.40. The van der Waals surface area contributed by atoms with Gasteiger partial charge in [-0.3, -0.25) is 9.48 Å². The van der Waals surface area contributed by atoms with Crippen molar-refractivity contribution in [2.45, 2.75) is 13.3 Å². The molecule has 2 heterocycles. The zero-order valence-electron chi connectivity index (χ0n) is 12.9. The fourth-order valence-electron chi connectivity index (χ4n) is 2.51.